The third kappa shape index (κ3) is 4.01. The van der Waals surface area contributed by atoms with Crippen LogP contribution in [-0.2, 0) is 15.2 Å². The van der Waals surface area contributed by atoms with Gasteiger partial charge in [0.25, 0.3) is 0 Å². The normalized spacial score (nSPS) is 21.8. The van der Waals surface area contributed by atoms with Crippen molar-refractivity contribution in [3.63, 3.8) is 0 Å². The van der Waals surface area contributed by atoms with Gasteiger partial charge >= 0.3 is 12.6 Å². The molecule has 12 heteroatoms. The van der Waals surface area contributed by atoms with Crippen LogP contribution in [-0.4, -0.2) is 35.4 Å². The van der Waals surface area contributed by atoms with E-state index in [1.54, 1.807) is 6.92 Å². The first kappa shape index (κ1) is 21.7. The van der Waals surface area contributed by atoms with Gasteiger partial charge in [-0.3, -0.25) is 4.79 Å². The maximum Gasteiger partial charge on any atom is 0.368 e. The van der Waals surface area contributed by atoms with Crippen molar-refractivity contribution in [2.24, 2.45) is 16.0 Å². The molecule has 1 aliphatic heterocycles. The van der Waals surface area contributed by atoms with E-state index in [4.69, 9.17) is 45.3 Å². The van der Waals surface area contributed by atoms with Crippen LogP contribution in [0.1, 0.15) is 31.1 Å². The number of benzene rings is 1. The van der Waals surface area contributed by atoms with Gasteiger partial charge in [-0.15, -0.1) is 16.7 Å². The molecule has 1 aromatic rings. The number of hydrogen-bond donors (Lipinski definition) is 1. The van der Waals surface area contributed by atoms with E-state index in [1.807, 2.05) is 0 Å². The minimum atomic E-state index is -3.18. The smallest absolute Gasteiger partial charge is 0.368 e. The lowest BCUT2D eigenvalue weighted by atomic mass is 9.95. The van der Waals surface area contributed by atoms with Crippen LogP contribution in [0.3, 0.4) is 0 Å². The number of rotatable bonds is 7. The number of ether oxygens (including phenoxy) is 1. The first-order chi connectivity index (χ1) is 12.5. The number of primary amides is 1. The van der Waals surface area contributed by atoms with Crippen molar-refractivity contribution in [2.75, 3.05) is 6.61 Å². The predicted molar refractivity (Wildman–Crippen MR) is 95.1 cm³/mol. The summed E-state index contributed by atoms with van der Waals surface area (Å²) in [7, 11) is 0. The van der Waals surface area contributed by atoms with Gasteiger partial charge in [0.1, 0.15) is 11.5 Å². The van der Waals surface area contributed by atoms with Gasteiger partial charge in [-0.05, 0) is 26.0 Å². The molecule has 0 bridgehead atoms. The number of urea groups is 1. The second kappa shape index (κ2) is 8.22. The van der Waals surface area contributed by atoms with Crippen LogP contribution in [0.5, 0.6) is 0 Å². The molecule has 0 aromatic heterocycles. The predicted octanol–water partition coefficient (Wildman–Crippen LogP) is 4.45. The molecule has 2 rings (SSSR count). The molecule has 2 N–H and O–H groups in total. The molecule has 3 atom stereocenters. The second-order valence-corrected chi connectivity index (χ2v) is 6.97. The number of hydrogen-bond acceptors (Lipinski definition) is 4. The quantitative estimate of drug-likeness (QED) is 0.498. The Morgan fingerprint density at radius 3 is 2.52 bits per heavy atom. The van der Waals surface area contributed by atoms with Gasteiger partial charge in [-0.1, -0.05) is 28.3 Å². The molecule has 0 aliphatic carbocycles. The highest BCUT2D eigenvalue weighted by atomic mass is 35.5. The summed E-state index contributed by atoms with van der Waals surface area (Å²) in [6, 6.07) is 1.35. The second-order valence-electron chi connectivity index (χ2n) is 5.68. The first-order valence-electron chi connectivity index (χ1n) is 7.63. The summed E-state index contributed by atoms with van der Waals surface area (Å²) >= 11 is 18.4. The molecule has 3 amide bonds. The Balaban J connectivity index is 2.63. The molecule has 3 unspecified atom stereocenters. The van der Waals surface area contributed by atoms with Gasteiger partial charge in [-0.2, -0.15) is 8.78 Å². The maximum atomic E-state index is 13.4. The summed E-state index contributed by atoms with van der Waals surface area (Å²) in [6.45, 7) is -0.115. The zero-order chi connectivity index (χ0) is 20.5. The number of carbonyl (C=O) groups excluding carboxylic acids is 2. The Bertz CT molecular complexity index is 796. The van der Waals surface area contributed by atoms with Crippen molar-refractivity contribution in [2.45, 2.75) is 37.5 Å². The molecule has 148 valence electrons. The number of azo groups is 1. The topological polar surface area (TPSA) is 97.3 Å². The maximum absolute atomic E-state index is 13.4. The minimum Gasteiger partial charge on any atom is -0.372 e. The molecular weight excluding hydrogens is 429 g/mol. The van der Waals surface area contributed by atoms with E-state index in [0.717, 1.165) is 0 Å². The minimum absolute atomic E-state index is 0.0107. The number of carbonyl (C=O) groups is 2. The lowest BCUT2D eigenvalue weighted by molar-refractivity contribution is -0.120. The summed E-state index contributed by atoms with van der Waals surface area (Å²) in [5, 5.41) is 5.63. The van der Waals surface area contributed by atoms with Crippen LogP contribution in [0, 0.1) is 0 Å². The van der Waals surface area contributed by atoms with E-state index >= 15 is 0 Å². The Labute approximate surface area is 168 Å². The van der Waals surface area contributed by atoms with Crippen LogP contribution in [0.2, 0.25) is 10.0 Å². The highest BCUT2D eigenvalue weighted by Crippen LogP contribution is 2.44. The zero-order valence-electron chi connectivity index (χ0n) is 14.1. The number of nitrogens with two attached hydrogens (primary N) is 1. The van der Waals surface area contributed by atoms with E-state index in [9.17, 15) is 18.4 Å². The van der Waals surface area contributed by atoms with E-state index in [2.05, 4.69) is 10.2 Å². The van der Waals surface area contributed by atoms with Crippen molar-refractivity contribution < 1.29 is 23.1 Å². The number of nitrogens with zero attached hydrogens (tertiary/aromatic N) is 3. The molecule has 1 heterocycles. The van der Waals surface area contributed by atoms with Gasteiger partial charge in [0, 0.05) is 27.8 Å². The van der Waals surface area contributed by atoms with E-state index in [0.29, 0.717) is 0 Å². The van der Waals surface area contributed by atoms with Crippen molar-refractivity contribution in [1.29, 1.82) is 0 Å². The van der Waals surface area contributed by atoms with E-state index in [-0.39, 0.29) is 32.7 Å². The molecule has 1 aromatic carbocycles. The summed E-state index contributed by atoms with van der Waals surface area (Å²) < 4.78 is 32.3. The van der Waals surface area contributed by atoms with E-state index in [1.165, 1.54) is 19.1 Å². The van der Waals surface area contributed by atoms with Crippen molar-refractivity contribution in [1.82, 2.24) is 4.90 Å². The third-order valence-corrected chi connectivity index (χ3v) is 5.07. The Kier molecular flexibility index (Phi) is 6.62. The average molecular weight is 444 g/mol. The SMILES string of the molecule is CCOC(c1cc(C2(C)N=NC(=O)N2C(F)F)c(Cl)cc1Cl)C(Cl)C(N)=O. The summed E-state index contributed by atoms with van der Waals surface area (Å²) in [5.74, 6) is -0.862. The molecule has 0 saturated heterocycles. The van der Waals surface area contributed by atoms with Crippen LogP contribution in [0.4, 0.5) is 13.6 Å². The van der Waals surface area contributed by atoms with Crippen LogP contribution < -0.4 is 5.73 Å². The zero-order valence-corrected chi connectivity index (χ0v) is 16.4. The van der Waals surface area contributed by atoms with Crippen LogP contribution in [0.25, 0.3) is 0 Å². The van der Waals surface area contributed by atoms with Crippen molar-refractivity contribution in [3.05, 3.63) is 33.3 Å². The fraction of sp³-hybridized carbons (Fsp3) is 0.467. The van der Waals surface area contributed by atoms with Crippen LogP contribution >= 0.6 is 34.8 Å². The fourth-order valence-corrected chi connectivity index (χ4v) is 3.57. The highest BCUT2D eigenvalue weighted by molar-refractivity contribution is 6.36. The number of amides is 3. The summed E-state index contributed by atoms with van der Waals surface area (Å²) in [4.78, 5) is 23.4. The largest absolute Gasteiger partial charge is 0.372 e. The Morgan fingerprint density at radius 1 is 1.37 bits per heavy atom. The molecule has 0 spiro atoms. The summed E-state index contributed by atoms with van der Waals surface area (Å²) in [5.41, 5.74) is 3.56. The van der Waals surface area contributed by atoms with Gasteiger partial charge in [0.05, 0.1) is 0 Å². The van der Waals surface area contributed by atoms with Gasteiger partial charge in [0.15, 0.2) is 5.66 Å². The molecule has 1 aliphatic rings. The molecule has 7 nitrogen and oxygen atoms in total. The van der Waals surface area contributed by atoms with E-state index < -0.39 is 35.6 Å². The first-order valence-corrected chi connectivity index (χ1v) is 8.82. The van der Waals surface area contributed by atoms with Gasteiger partial charge in [-0.25, -0.2) is 9.69 Å². The average Bonchev–Trinajstić information content (AvgIpc) is 2.88. The lowest BCUT2D eigenvalue weighted by Gasteiger charge is -2.32. The van der Waals surface area contributed by atoms with Gasteiger partial charge in [0.2, 0.25) is 5.91 Å². The standard InChI is InChI=1S/C15H15Cl3F2N4O3/c1-3-27-11(10(18)12(21)25)6-4-7(9(17)5-8(6)16)15(2)23-22-14(26)24(15)13(19)20/h4-5,10-11,13H,3H2,1-2H3,(H2,21,25). The summed E-state index contributed by atoms with van der Waals surface area (Å²) in [6.07, 6.45) is -1.07. The molecule has 0 radical (unpaired) electrons. The number of alkyl halides is 3. The highest BCUT2D eigenvalue weighted by Gasteiger charge is 2.48. The molecule has 27 heavy (non-hydrogen) atoms. The number of halogens is 5. The molecular formula is C15H15Cl3F2N4O3. The van der Waals surface area contributed by atoms with Crippen molar-refractivity contribution >= 4 is 46.7 Å². The lowest BCUT2D eigenvalue weighted by Crippen LogP contribution is -2.44. The van der Waals surface area contributed by atoms with Gasteiger partial charge < -0.3 is 10.5 Å². The Hall–Kier alpha value is -1.55. The fourth-order valence-electron chi connectivity index (χ4n) is 2.69. The third-order valence-electron chi connectivity index (χ3n) is 3.99. The monoisotopic (exact) mass is 442 g/mol. The van der Waals surface area contributed by atoms with Crippen LogP contribution in [0.15, 0.2) is 22.4 Å². The van der Waals surface area contributed by atoms with Crippen molar-refractivity contribution in [3.8, 4) is 0 Å². The Morgan fingerprint density at radius 2 is 2.00 bits per heavy atom. The molecule has 0 saturated carbocycles. The molecule has 0 fully saturated rings.